The van der Waals surface area contributed by atoms with Gasteiger partial charge in [-0.2, -0.15) is 0 Å². The predicted molar refractivity (Wildman–Crippen MR) is 67.2 cm³/mol. The van der Waals surface area contributed by atoms with Crippen molar-refractivity contribution in [3.63, 3.8) is 0 Å². The lowest BCUT2D eigenvalue weighted by Gasteiger charge is -2.31. The number of esters is 1. The molecule has 0 saturated carbocycles. The fourth-order valence-electron chi connectivity index (χ4n) is 1.48. The van der Waals surface area contributed by atoms with E-state index in [0.717, 1.165) is 0 Å². The molecule has 0 spiro atoms. The Morgan fingerprint density at radius 1 is 1.53 bits per heavy atom. The van der Waals surface area contributed by atoms with Crippen molar-refractivity contribution < 1.29 is 18.8 Å². The van der Waals surface area contributed by atoms with Gasteiger partial charge in [0.2, 0.25) is 6.29 Å². The van der Waals surface area contributed by atoms with Crippen LogP contribution in [0.4, 0.5) is 0 Å². The predicted octanol–water partition coefficient (Wildman–Crippen LogP) is 2.14. The van der Waals surface area contributed by atoms with Crippen LogP contribution < -0.4 is 0 Å². The van der Waals surface area contributed by atoms with Gasteiger partial charge in [0.15, 0.2) is 14.0 Å². The van der Waals surface area contributed by atoms with Crippen molar-refractivity contribution in [3.8, 4) is 0 Å². The Hall–Kier alpha value is -0.883. The summed E-state index contributed by atoms with van der Waals surface area (Å²) in [5, 5.41) is 3.80. The van der Waals surface area contributed by atoms with Gasteiger partial charge in [0, 0.05) is 12.3 Å². The van der Waals surface area contributed by atoms with Crippen molar-refractivity contribution in [3.05, 3.63) is 0 Å². The second-order valence-electron chi connectivity index (χ2n) is 5.14. The van der Waals surface area contributed by atoms with Crippen LogP contribution >= 0.6 is 0 Å². The molecule has 98 valence electrons. The van der Waals surface area contributed by atoms with Crippen molar-refractivity contribution in [2.45, 2.75) is 46.2 Å². The van der Waals surface area contributed by atoms with E-state index < -0.39 is 14.3 Å². The van der Waals surface area contributed by atoms with Crippen molar-refractivity contribution in [1.29, 1.82) is 0 Å². The zero-order valence-electron chi connectivity index (χ0n) is 11.1. The number of carbonyl (C=O) groups is 1. The van der Waals surface area contributed by atoms with Gasteiger partial charge in [0.1, 0.15) is 0 Å². The van der Waals surface area contributed by atoms with Crippen LogP contribution in [0.15, 0.2) is 5.16 Å². The van der Waals surface area contributed by atoms with Gasteiger partial charge in [0.05, 0.1) is 6.61 Å². The van der Waals surface area contributed by atoms with Crippen LogP contribution in [0.5, 0.6) is 0 Å². The summed E-state index contributed by atoms with van der Waals surface area (Å²) < 4.78 is 10.7. The summed E-state index contributed by atoms with van der Waals surface area (Å²) in [6.45, 7) is 10.4. The first-order valence-electron chi connectivity index (χ1n) is 5.91. The van der Waals surface area contributed by atoms with Crippen LogP contribution in [0, 0.1) is 5.92 Å². The van der Waals surface area contributed by atoms with Gasteiger partial charge in [-0.15, -0.1) is 0 Å². The Morgan fingerprint density at radius 2 is 2.18 bits per heavy atom. The molecule has 1 rings (SSSR count). The highest BCUT2D eigenvalue weighted by Gasteiger charge is 2.33. The number of oxime groups is 1. The highest BCUT2D eigenvalue weighted by Crippen LogP contribution is 2.23. The molecule has 0 saturated heterocycles. The quantitative estimate of drug-likeness (QED) is 0.573. The lowest BCUT2D eigenvalue weighted by atomic mass is 10.0. The SMILES string of the molecule is CCOC(=O)C1=NO[C@@H](O[Si](C)(C)C)[C@@H](C)C1. The molecule has 0 fully saturated rings. The van der Waals surface area contributed by atoms with E-state index in [0.29, 0.717) is 18.7 Å². The second-order valence-corrected chi connectivity index (χ2v) is 9.60. The third-order valence-corrected chi connectivity index (χ3v) is 3.17. The van der Waals surface area contributed by atoms with E-state index in [1.807, 2.05) is 6.92 Å². The molecular formula is C11H21NO4Si. The summed E-state index contributed by atoms with van der Waals surface area (Å²) in [6.07, 6.45) is 0.188. The first kappa shape index (κ1) is 14.2. The molecule has 1 heterocycles. The summed E-state index contributed by atoms with van der Waals surface area (Å²) in [7, 11) is -1.66. The zero-order chi connectivity index (χ0) is 13.1. The molecule has 5 nitrogen and oxygen atoms in total. The smallest absolute Gasteiger partial charge is 0.356 e. The van der Waals surface area contributed by atoms with Crippen molar-refractivity contribution in [1.82, 2.24) is 0 Å². The third kappa shape index (κ3) is 4.47. The van der Waals surface area contributed by atoms with Crippen LogP contribution in [0.1, 0.15) is 20.3 Å². The van der Waals surface area contributed by atoms with Gasteiger partial charge >= 0.3 is 5.97 Å². The van der Waals surface area contributed by atoms with E-state index in [9.17, 15) is 4.79 Å². The summed E-state index contributed by atoms with van der Waals surface area (Å²) in [4.78, 5) is 16.7. The van der Waals surface area contributed by atoms with E-state index in [-0.39, 0.29) is 12.2 Å². The normalized spacial score (nSPS) is 24.9. The first-order valence-corrected chi connectivity index (χ1v) is 9.32. The Labute approximate surface area is 103 Å². The maximum Gasteiger partial charge on any atom is 0.356 e. The second kappa shape index (κ2) is 5.64. The lowest BCUT2D eigenvalue weighted by Crippen LogP contribution is -2.40. The van der Waals surface area contributed by atoms with Crippen LogP contribution in [0.2, 0.25) is 19.6 Å². The molecule has 1 aliphatic heterocycles. The summed E-state index contributed by atoms with van der Waals surface area (Å²) in [5.74, 6) is -0.288. The zero-order valence-corrected chi connectivity index (χ0v) is 12.1. The Bertz CT molecular complexity index is 311. The van der Waals surface area contributed by atoms with Crippen molar-refractivity contribution in [2.24, 2.45) is 11.1 Å². The number of nitrogens with zero attached hydrogens (tertiary/aromatic N) is 1. The molecular weight excluding hydrogens is 238 g/mol. The number of hydrogen-bond acceptors (Lipinski definition) is 5. The van der Waals surface area contributed by atoms with Crippen LogP contribution in [-0.4, -0.2) is 32.9 Å². The average Bonchev–Trinajstić information content (AvgIpc) is 2.19. The fourth-order valence-corrected chi connectivity index (χ4v) is 2.45. The van der Waals surface area contributed by atoms with Gasteiger partial charge in [-0.05, 0) is 26.6 Å². The number of hydrogen-bond donors (Lipinski definition) is 0. The molecule has 0 unspecified atom stereocenters. The Kier molecular flexibility index (Phi) is 4.70. The first-order chi connectivity index (χ1) is 7.83. The maximum absolute atomic E-state index is 11.5. The molecule has 1 aliphatic rings. The Balaban J connectivity index is 2.60. The van der Waals surface area contributed by atoms with Gasteiger partial charge in [0.25, 0.3) is 0 Å². The van der Waals surface area contributed by atoms with Crippen LogP contribution in [0.25, 0.3) is 0 Å². The standard InChI is InChI=1S/C11H21NO4Si/c1-6-14-10(13)9-7-8(2)11(15-12-9)16-17(3,4)5/h8,11H,6-7H2,1-5H3/t8-,11-/m0/s1. The number of rotatable bonds is 4. The molecule has 0 aromatic carbocycles. The monoisotopic (exact) mass is 259 g/mol. The van der Waals surface area contributed by atoms with Gasteiger partial charge in [-0.1, -0.05) is 12.1 Å². The molecule has 6 heteroatoms. The molecule has 0 radical (unpaired) electrons. The summed E-state index contributed by atoms with van der Waals surface area (Å²) in [5.41, 5.74) is 0.342. The molecule has 0 amide bonds. The molecule has 17 heavy (non-hydrogen) atoms. The minimum atomic E-state index is -1.66. The van der Waals surface area contributed by atoms with E-state index in [1.165, 1.54) is 0 Å². The van der Waals surface area contributed by atoms with Gasteiger partial charge in [-0.25, -0.2) is 4.79 Å². The number of ether oxygens (including phenoxy) is 1. The highest BCUT2D eigenvalue weighted by molar-refractivity contribution is 6.69. The minimum Gasteiger partial charge on any atom is -0.461 e. The third-order valence-electron chi connectivity index (χ3n) is 2.23. The van der Waals surface area contributed by atoms with Crippen LogP contribution in [0.3, 0.4) is 0 Å². The fraction of sp³-hybridized carbons (Fsp3) is 0.818. The maximum atomic E-state index is 11.5. The Morgan fingerprint density at radius 3 is 2.65 bits per heavy atom. The van der Waals surface area contributed by atoms with E-state index in [2.05, 4.69) is 24.8 Å². The van der Waals surface area contributed by atoms with E-state index in [4.69, 9.17) is 14.0 Å². The minimum absolute atomic E-state index is 0.110. The highest BCUT2D eigenvalue weighted by atomic mass is 28.4. The van der Waals surface area contributed by atoms with Crippen molar-refractivity contribution >= 4 is 20.0 Å². The van der Waals surface area contributed by atoms with E-state index >= 15 is 0 Å². The van der Waals surface area contributed by atoms with Gasteiger partial charge in [-0.3, -0.25) is 0 Å². The molecule has 2 atom stereocenters. The summed E-state index contributed by atoms with van der Waals surface area (Å²) in [6, 6.07) is 0. The average molecular weight is 259 g/mol. The molecule has 0 aromatic heterocycles. The topological polar surface area (TPSA) is 57.1 Å². The van der Waals surface area contributed by atoms with Crippen LogP contribution in [-0.2, 0) is 18.8 Å². The van der Waals surface area contributed by atoms with Crippen molar-refractivity contribution in [2.75, 3.05) is 6.61 Å². The molecule has 0 aliphatic carbocycles. The molecule has 0 N–H and O–H groups in total. The molecule has 0 aromatic rings. The molecule has 0 bridgehead atoms. The van der Waals surface area contributed by atoms with E-state index in [1.54, 1.807) is 6.92 Å². The largest absolute Gasteiger partial charge is 0.461 e. The summed E-state index contributed by atoms with van der Waals surface area (Å²) >= 11 is 0. The lowest BCUT2D eigenvalue weighted by molar-refractivity contribution is -0.140. The number of carbonyl (C=O) groups excluding carboxylic acids is 1. The van der Waals surface area contributed by atoms with Gasteiger partial charge < -0.3 is 14.0 Å².